The Labute approximate surface area is 160 Å². The molecule has 0 aromatic carbocycles. The maximum atomic E-state index is 12.9. The summed E-state index contributed by atoms with van der Waals surface area (Å²) in [6.07, 6.45) is 9.47. The Bertz CT molecular complexity index is 706. The first-order chi connectivity index (χ1) is 13.1. The van der Waals surface area contributed by atoms with E-state index in [1.165, 1.54) is 0 Å². The van der Waals surface area contributed by atoms with Crippen LogP contribution in [-0.4, -0.2) is 34.6 Å². The monoisotopic (exact) mass is 372 g/mol. The van der Waals surface area contributed by atoms with E-state index in [9.17, 15) is 9.59 Å². The smallest absolute Gasteiger partial charge is 0.307 e. The van der Waals surface area contributed by atoms with E-state index in [-0.39, 0.29) is 36.4 Å². The molecule has 1 aromatic heterocycles. The van der Waals surface area contributed by atoms with Gasteiger partial charge in [0.05, 0.1) is 24.1 Å². The summed E-state index contributed by atoms with van der Waals surface area (Å²) < 4.78 is 11.7. The number of ether oxygens (including phenoxy) is 2. The Kier molecular flexibility index (Phi) is 5.06. The molecule has 3 aliphatic rings. The van der Waals surface area contributed by atoms with Crippen LogP contribution < -0.4 is 10.1 Å². The minimum absolute atomic E-state index is 0.00442. The number of nitrogens with zero attached hydrogens (tertiary/aromatic N) is 1. The van der Waals surface area contributed by atoms with Gasteiger partial charge >= 0.3 is 5.97 Å². The van der Waals surface area contributed by atoms with Crippen LogP contribution in [0.4, 0.5) is 0 Å². The maximum Gasteiger partial charge on any atom is 0.307 e. The molecule has 2 saturated carbocycles. The minimum atomic E-state index is -0.528. The predicted molar refractivity (Wildman–Crippen MR) is 99.2 cm³/mol. The van der Waals surface area contributed by atoms with Gasteiger partial charge in [0.2, 0.25) is 5.91 Å². The molecule has 0 bridgehead atoms. The third-order valence-corrected chi connectivity index (χ3v) is 6.36. The first-order valence-electron chi connectivity index (χ1n) is 10.2. The topological polar surface area (TPSA) is 77.5 Å². The zero-order valence-electron chi connectivity index (χ0n) is 15.9. The number of carbonyl (C=O) groups excluding carboxylic acids is 2. The van der Waals surface area contributed by atoms with Gasteiger partial charge in [0.1, 0.15) is 11.4 Å². The van der Waals surface area contributed by atoms with E-state index >= 15 is 0 Å². The molecule has 1 spiro atoms. The number of hydrogen-bond acceptors (Lipinski definition) is 5. The number of aromatic nitrogens is 1. The molecule has 1 atom stereocenters. The van der Waals surface area contributed by atoms with Crippen LogP contribution in [0.5, 0.6) is 5.75 Å². The van der Waals surface area contributed by atoms with Gasteiger partial charge in [-0.2, -0.15) is 0 Å². The maximum absolute atomic E-state index is 12.9. The second-order valence-corrected chi connectivity index (χ2v) is 8.19. The Balaban J connectivity index is 1.29. The van der Waals surface area contributed by atoms with Crippen molar-refractivity contribution in [3.05, 3.63) is 24.0 Å². The van der Waals surface area contributed by atoms with Gasteiger partial charge in [0.15, 0.2) is 0 Å². The van der Waals surface area contributed by atoms with Crippen LogP contribution in [0.1, 0.15) is 63.5 Å². The van der Waals surface area contributed by atoms with Crippen LogP contribution in [0.3, 0.4) is 0 Å². The van der Waals surface area contributed by atoms with Crippen molar-refractivity contribution in [2.24, 2.45) is 5.92 Å². The Hall–Kier alpha value is -2.11. The van der Waals surface area contributed by atoms with Crippen molar-refractivity contribution in [1.29, 1.82) is 0 Å². The second kappa shape index (κ2) is 7.49. The van der Waals surface area contributed by atoms with Gasteiger partial charge in [0.25, 0.3) is 0 Å². The molecule has 3 fully saturated rings. The van der Waals surface area contributed by atoms with E-state index in [0.717, 1.165) is 62.8 Å². The predicted octanol–water partition coefficient (Wildman–Crippen LogP) is 3.07. The lowest BCUT2D eigenvalue weighted by atomic mass is 9.84. The van der Waals surface area contributed by atoms with Crippen LogP contribution in [0.25, 0.3) is 0 Å². The number of amides is 1. The highest BCUT2D eigenvalue weighted by molar-refractivity contribution is 5.88. The van der Waals surface area contributed by atoms with E-state index in [4.69, 9.17) is 9.47 Å². The quantitative estimate of drug-likeness (QED) is 0.822. The summed E-state index contributed by atoms with van der Waals surface area (Å²) in [5, 5.41) is 3.19. The molecule has 2 heterocycles. The van der Waals surface area contributed by atoms with Crippen molar-refractivity contribution < 1.29 is 19.1 Å². The van der Waals surface area contributed by atoms with Crippen molar-refractivity contribution in [3.8, 4) is 5.75 Å². The third-order valence-electron chi connectivity index (χ3n) is 6.36. The number of aryl methyl sites for hydroxylation is 1. The van der Waals surface area contributed by atoms with Gasteiger partial charge in [0, 0.05) is 12.2 Å². The van der Waals surface area contributed by atoms with Gasteiger partial charge in [-0.05, 0) is 70.4 Å². The van der Waals surface area contributed by atoms with E-state index in [1.54, 1.807) is 6.20 Å². The van der Waals surface area contributed by atoms with Gasteiger partial charge < -0.3 is 14.8 Å². The largest absolute Gasteiger partial charge is 0.489 e. The van der Waals surface area contributed by atoms with E-state index in [1.807, 2.05) is 19.1 Å². The minimum Gasteiger partial charge on any atom is -0.489 e. The van der Waals surface area contributed by atoms with Crippen molar-refractivity contribution in [2.45, 2.75) is 82.5 Å². The molecule has 27 heavy (non-hydrogen) atoms. The zero-order valence-corrected chi connectivity index (χ0v) is 15.9. The number of esters is 1. The highest BCUT2D eigenvalue weighted by Crippen LogP contribution is 2.45. The SMILES string of the molecule is Cc1ncccc1OC1CCC(NC(=O)C2CC(=O)OC23CCCC3)CC1. The lowest BCUT2D eigenvalue weighted by Crippen LogP contribution is -2.47. The first-order valence-corrected chi connectivity index (χ1v) is 10.2. The van der Waals surface area contributed by atoms with Gasteiger partial charge in [-0.15, -0.1) is 0 Å². The molecule has 2 aliphatic carbocycles. The van der Waals surface area contributed by atoms with Gasteiger partial charge in [-0.3, -0.25) is 14.6 Å². The lowest BCUT2D eigenvalue weighted by molar-refractivity contribution is -0.150. The highest BCUT2D eigenvalue weighted by atomic mass is 16.6. The number of nitrogens with one attached hydrogen (secondary N) is 1. The molecule has 1 amide bonds. The van der Waals surface area contributed by atoms with Crippen molar-refractivity contribution >= 4 is 11.9 Å². The molecule has 6 heteroatoms. The molecule has 0 radical (unpaired) electrons. The van der Waals surface area contributed by atoms with E-state index in [0.29, 0.717) is 0 Å². The zero-order chi connectivity index (χ0) is 18.9. The number of rotatable bonds is 4. The average molecular weight is 372 g/mol. The molecular weight excluding hydrogens is 344 g/mol. The molecule has 146 valence electrons. The number of pyridine rings is 1. The fraction of sp³-hybridized carbons (Fsp3) is 0.667. The van der Waals surface area contributed by atoms with Gasteiger partial charge in [-0.1, -0.05) is 0 Å². The van der Waals surface area contributed by atoms with Crippen LogP contribution in [0.2, 0.25) is 0 Å². The Morgan fingerprint density at radius 1 is 1.26 bits per heavy atom. The average Bonchev–Trinajstić information content (AvgIpc) is 3.25. The van der Waals surface area contributed by atoms with Crippen LogP contribution >= 0.6 is 0 Å². The van der Waals surface area contributed by atoms with Crippen molar-refractivity contribution in [2.75, 3.05) is 0 Å². The Morgan fingerprint density at radius 3 is 2.70 bits per heavy atom. The molecule has 4 rings (SSSR count). The molecule has 6 nitrogen and oxygen atoms in total. The summed E-state index contributed by atoms with van der Waals surface area (Å²) in [5.74, 6) is 0.297. The lowest BCUT2D eigenvalue weighted by Gasteiger charge is -2.32. The highest BCUT2D eigenvalue weighted by Gasteiger charge is 2.54. The molecule has 1 unspecified atom stereocenters. The third kappa shape index (κ3) is 3.80. The van der Waals surface area contributed by atoms with Crippen LogP contribution in [0, 0.1) is 12.8 Å². The first kappa shape index (κ1) is 18.3. The van der Waals surface area contributed by atoms with Crippen molar-refractivity contribution in [1.82, 2.24) is 10.3 Å². The normalized spacial score (nSPS) is 29.5. The standard InChI is InChI=1S/C21H28N2O4/c1-14-18(5-4-12-22-14)26-16-8-6-15(7-9-16)23-20(25)17-13-19(24)27-21(17)10-2-3-11-21/h4-5,12,15-17H,2-3,6-11,13H2,1H3,(H,23,25). The summed E-state index contributed by atoms with van der Waals surface area (Å²) in [6.45, 7) is 1.95. The summed E-state index contributed by atoms with van der Waals surface area (Å²) >= 11 is 0. The fourth-order valence-electron chi connectivity index (χ4n) is 4.85. The van der Waals surface area contributed by atoms with Crippen LogP contribution in [0.15, 0.2) is 18.3 Å². The summed E-state index contributed by atoms with van der Waals surface area (Å²) in [5.41, 5.74) is 0.375. The van der Waals surface area contributed by atoms with Crippen molar-refractivity contribution in [3.63, 3.8) is 0 Å². The molecule has 1 N–H and O–H groups in total. The second-order valence-electron chi connectivity index (χ2n) is 8.19. The summed E-state index contributed by atoms with van der Waals surface area (Å²) in [6, 6.07) is 3.99. The number of carbonyl (C=O) groups is 2. The van der Waals surface area contributed by atoms with Gasteiger partial charge in [-0.25, -0.2) is 0 Å². The molecular formula is C21H28N2O4. The molecule has 1 aliphatic heterocycles. The van der Waals surface area contributed by atoms with E-state index in [2.05, 4.69) is 10.3 Å². The summed E-state index contributed by atoms with van der Waals surface area (Å²) in [4.78, 5) is 28.9. The Morgan fingerprint density at radius 2 is 2.00 bits per heavy atom. The van der Waals surface area contributed by atoms with Crippen LogP contribution in [-0.2, 0) is 14.3 Å². The van der Waals surface area contributed by atoms with E-state index < -0.39 is 5.60 Å². The fourth-order valence-corrected chi connectivity index (χ4v) is 4.85. The molecule has 1 saturated heterocycles. The number of hydrogen-bond donors (Lipinski definition) is 1. The molecule has 1 aromatic rings. The summed E-state index contributed by atoms with van der Waals surface area (Å²) in [7, 11) is 0.